The molecule has 1 amide bonds. The molecule has 2 rings (SSSR count). The third-order valence-corrected chi connectivity index (χ3v) is 3.98. The van der Waals surface area contributed by atoms with Crippen molar-refractivity contribution >= 4 is 16.9 Å². The Morgan fingerprint density at radius 3 is 2.43 bits per heavy atom. The number of rotatable bonds is 4. The maximum Gasteiger partial charge on any atom is 0.227 e. The Balaban J connectivity index is 2.34. The van der Waals surface area contributed by atoms with Gasteiger partial charge in [-0.05, 0) is 37.0 Å². The lowest BCUT2D eigenvalue weighted by atomic mass is 9.86. The van der Waals surface area contributed by atoms with Crippen molar-refractivity contribution in [3.63, 3.8) is 0 Å². The summed E-state index contributed by atoms with van der Waals surface area (Å²) in [5.74, 6) is 0.156. The van der Waals surface area contributed by atoms with Crippen LogP contribution in [0.1, 0.15) is 45.7 Å². The van der Waals surface area contributed by atoms with Gasteiger partial charge >= 0.3 is 0 Å². The van der Waals surface area contributed by atoms with Crippen molar-refractivity contribution in [1.29, 1.82) is 0 Å². The molecule has 0 N–H and O–H groups in total. The van der Waals surface area contributed by atoms with E-state index in [2.05, 4.69) is 32.9 Å². The van der Waals surface area contributed by atoms with E-state index in [0.29, 0.717) is 6.42 Å². The first-order valence-electron chi connectivity index (χ1n) is 7.65. The van der Waals surface area contributed by atoms with Crippen LogP contribution >= 0.6 is 0 Å². The van der Waals surface area contributed by atoms with Crippen LogP contribution in [0.5, 0.6) is 0 Å². The first-order chi connectivity index (χ1) is 9.86. The monoisotopic (exact) mass is 287 g/mol. The Labute approximate surface area is 126 Å². The number of carbonyl (C=O) groups excluding carboxylic acids is 1. The van der Waals surface area contributed by atoms with Crippen LogP contribution in [0.2, 0.25) is 0 Å². The van der Waals surface area contributed by atoms with Crippen LogP contribution in [0.3, 0.4) is 0 Å². The van der Waals surface area contributed by atoms with Crippen LogP contribution in [0.4, 0.5) is 0 Å². The van der Waals surface area contributed by atoms with Crippen molar-refractivity contribution < 1.29 is 9.21 Å². The maximum atomic E-state index is 12.3. The zero-order valence-electron chi connectivity index (χ0n) is 13.7. The molecular weight excluding hydrogens is 262 g/mol. The molecule has 1 aromatic heterocycles. The number of benzene rings is 1. The summed E-state index contributed by atoms with van der Waals surface area (Å²) >= 11 is 0. The summed E-state index contributed by atoms with van der Waals surface area (Å²) in [5.41, 5.74) is 3.18. The molecule has 3 nitrogen and oxygen atoms in total. The average Bonchev–Trinajstić information content (AvgIpc) is 2.82. The van der Waals surface area contributed by atoms with Gasteiger partial charge in [0.2, 0.25) is 5.91 Å². The molecule has 114 valence electrons. The summed E-state index contributed by atoms with van der Waals surface area (Å²) in [6, 6.07) is 6.26. The Hall–Kier alpha value is -1.77. The first kappa shape index (κ1) is 15.6. The predicted molar refractivity (Wildman–Crippen MR) is 86.5 cm³/mol. The molecule has 2 aromatic rings. The minimum Gasteiger partial charge on any atom is -0.464 e. The molecule has 0 bridgehead atoms. The summed E-state index contributed by atoms with van der Waals surface area (Å²) in [4.78, 5) is 14.1. The van der Waals surface area contributed by atoms with Crippen LogP contribution in [-0.4, -0.2) is 23.9 Å². The van der Waals surface area contributed by atoms with E-state index in [9.17, 15) is 4.79 Å². The molecule has 0 spiro atoms. The molecule has 0 unspecified atom stereocenters. The van der Waals surface area contributed by atoms with E-state index in [0.717, 1.165) is 29.6 Å². The van der Waals surface area contributed by atoms with Crippen molar-refractivity contribution in [3.8, 4) is 0 Å². The zero-order chi connectivity index (χ0) is 15.6. The number of amides is 1. The number of likely N-dealkylation sites (N-methyl/N-ethyl adjacent to an activating group) is 1. The van der Waals surface area contributed by atoms with Gasteiger partial charge in [0.25, 0.3) is 0 Å². The number of nitrogens with zero attached hydrogens (tertiary/aromatic N) is 1. The SMILES string of the molecule is CCN(CC)C(=O)Cc1coc2ccc(C(C)(C)C)cc12. The van der Waals surface area contributed by atoms with Gasteiger partial charge in [-0.15, -0.1) is 0 Å². The van der Waals surface area contributed by atoms with Gasteiger partial charge in [-0.25, -0.2) is 0 Å². The molecule has 0 aliphatic carbocycles. The maximum absolute atomic E-state index is 12.3. The third kappa shape index (κ3) is 3.29. The van der Waals surface area contributed by atoms with E-state index in [-0.39, 0.29) is 11.3 Å². The lowest BCUT2D eigenvalue weighted by Gasteiger charge is -2.19. The lowest BCUT2D eigenvalue weighted by Crippen LogP contribution is -2.31. The minimum atomic E-state index is 0.0889. The fourth-order valence-corrected chi connectivity index (χ4v) is 2.54. The van der Waals surface area contributed by atoms with Gasteiger partial charge in [0.05, 0.1) is 12.7 Å². The molecule has 3 heteroatoms. The predicted octanol–water partition coefficient (Wildman–Crippen LogP) is 4.14. The van der Waals surface area contributed by atoms with Crippen LogP contribution in [0, 0.1) is 0 Å². The molecule has 0 aliphatic heterocycles. The molecule has 0 radical (unpaired) electrons. The van der Waals surface area contributed by atoms with Crippen LogP contribution in [0.25, 0.3) is 11.0 Å². The Kier molecular flexibility index (Phi) is 4.40. The second-order valence-corrected chi connectivity index (χ2v) is 6.46. The minimum absolute atomic E-state index is 0.0889. The van der Waals surface area contributed by atoms with Gasteiger partial charge in [0, 0.05) is 24.0 Å². The summed E-state index contributed by atoms with van der Waals surface area (Å²) in [5, 5.41) is 1.06. The van der Waals surface area contributed by atoms with E-state index in [1.807, 2.05) is 24.8 Å². The topological polar surface area (TPSA) is 33.5 Å². The molecular formula is C18H25NO2. The van der Waals surface area contributed by atoms with Crippen LogP contribution in [0.15, 0.2) is 28.9 Å². The highest BCUT2D eigenvalue weighted by atomic mass is 16.3. The lowest BCUT2D eigenvalue weighted by molar-refractivity contribution is -0.130. The molecule has 0 atom stereocenters. The largest absolute Gasteiger partial charge is 0.464 e. The smallest absolute Gasteiger partial charge is 0.227 e. The van der Waals surface area contributed by atoms with Crippen molar-refractivity contribution in [2.24, 2.45) is 0 Å². The Morgan fingerprint density at radius 1 is 1.19 bits per heavy atom. The van der Waals surface area contributed by atoms with Crippen molar-refractivity contribution in [2.75, 3.05) is 13.1 Å². The first-order valence-corrected chi connectivity index (χ1v) is 7.65. The fraction of sp³-hybridized carbons (Fsp3) is 0.500. The standard InChI is InChI=1S/C18H25NO2/c1-6-19(7-2)17(20)10-13-12-21-16-9-8-14(11-15(13)16)18(3,4)5/h8-9,11-12H,6-7,10H2,1-5H3. The van der Waals surface area contributed by atoms with Gasteiger partial charge in [-0.3, -0.25) is 4.79 Å². The van der Waals surface area contributed by atoms with E-state index >= 15 is 0 Å². The van der Waals surface area contributed by atoms with Gasteiger partial charge < -0.3 is 9.32 Å². The van der Waals surface area contributed by atoms with E-state index in [1.54, 1.807) is 6.26 Å². The summed E-state index contributed by atoms with van der Waals surface area (Å²) in [7, 11) is 0. The summed E-state index contributed by atoms with van der Waals surface area (Å²) in [6.45, 7) is 12.1. The van der Waals surface area contributed by atoms with E-state index in [4.69, 9.17) is 4.42 Å². The number of furan rings is 1. The second-order valence-electron chi connectivity index (χ2n) is 6.46. The van der Waals surface area contributed by atoms with Crippen molar-refractivity contribution in [2.45, 2.75) is 46.5 Å². The Bertz CT molecular complexity index is 630. The molecule has 0 saturated heterocycles. The number of fused-ring (bicyclic) bond motifs is 1. The summed E-state index contributed by atoms with van der Waals surface area (Å²) < 4.78 is 5.59. The fourth-order valence-electron chi connectivity index (χ4n) is 2.54. The van der Waals surface area contributed by atoms with Crippen molar-refractivity contribution in [3.05, 3.63) is 35.6 Å². The van der Waals surface area contributed by atoms with E-state index in [1.165, 1.54) is 5.56 Å². The molecule has 0 aliphatic rings. The normalized spacial score (nSPS) is 11.9. The second kappa shape index (κ2) is 5.92. The van der Waals surface area contributed by atoms with Crippen molar-refractivity contribution in [1.82, 2.24) is 4.90 Å². The molecule has 1 heterocycles. The number of hydrogen-bond donors (Lipinski definition) is 0. The highest BCUT2D eigenvalue weighted by Gasteiger charge is 2.18. The van der Waals surface area contributed by atoms with Gasteiger partial charge in [0.15, 0.2) is 0 Å². The summed E-state index contributed by atoms with van der Waals surface area (Å²) in [6.07, 6.45) is 2.13. The molecule has 0 saturated carbocycles. The van der Waals surface area contributed by atoms with E-state index < -0.39 is 0 Å². The number of carbonyl (C=O) groups is 1. The molecule has 21 heavy (non-hydrogen) atoms. The highest BCUT2D eigenvalue weighted by Crippen LogP contribution is 2.29. The molecule has 0 fully saturated rings. The molecule has 1 aromatic carbocycles. The zero-order valence-corrected chi connectivity index (χ0v) is 13.7. The highest BCUT2D eigenvalue weighted by molar-refractivity contribution is 5.88. The quantitative estimate of drug-likeness (QED) is 0.846. The van der Waals surface area contributed by atoms with Gasteiger partial charge in [-0.1, -0.05) is 26.8 Å². The third-order valence-electron chi connectivity index (χ3n) is 3.98. The van der Waals surface area contributed by atoms with Crippen LogP contribution < -0.4 is 0 Å². The Morgan fingerprint density at radius 2 is 1.86 bits per heavy atom. The van der Waals surface area contributed by atoms with Gasteiger partial charge in [0.1, 0.15) is 5.58 Å². The average molecular weight is 287 g/mol. The van der Waals surface area contributed by atoms with Crippen LogP contribution in [-0.2, 0) is 16.6 Å². The van der Waals surface area contributed by atoms with Gasteiger partial charge in [-0.2, -0.15) is 0 Å². The number of hydrogen-bond acceptors (Lipinski definition) is 2.